The minimum absolute atomic E-state index is 0.0200. The molecule has 0 heterocycles. The zero-order chi connectivity index (χ0) is 10.8. The highest BCUT2D eigenvalue weighted by molar-refractivity contribution is 5.23. The molecule has 0 spiro atoms. The summed E-state index contributed by atoms with van der Waals surface area (Å²) in [6, 6.07) is 6.80. The Kier molecular flexibility index (Phi) is 3.27. The van der Waals surface area contributed by atoms with Crippen LogP contribution in [0.5, 0.6) is 0 Å². The standard InChI is InChI=1S/C12H18FN/c1-9(12(2,3)14-4)10-6-5-7-11(13)8-10/h5-9,14H,1-4H3. The highest BCUT2D eigenvalue weighted by atomic mass is 19.1. The van der Waals surface area contributed by atoms with E-state index in [1.54, 1.807) is 12.1 Å². The normalized spacial score (nSPS) is 14.1. The minimum atomic E-state index is -0.166. The third kappa shape index (κ3) is 2.32. The van der Waals surface area contributed by atoms with Crippen LogP contribution in [0.1, 0.15) is 32.3 Å². The molecule has 0 aliphatic carbocycles. The van der Waals surface area contributed by atoms with Crippen molar-refractivity contribution in [3.8, 4) is 0 Å². The predicted octanol–water partition coefficient (Wildman–Crippen LogP) is 2.93. The number of hydrogen-bond donors (Lipinski definition) is 1. The Hall–Kier alpha value is -0.890. The minimum Gasteiger partial charge on any atom is -0.314 e. The largest absolute Gasteiger partial charge is 0.314 e. The quantitative estimate of drug-likeness (QED) is 0.782. The van der Waals surface area contributed by atoms with Crippen molar-refractivity contribution in [1.29, 1.82) is 0 Å². The lowest BCUT2D eigenvalue weighted by Gasteiger charge is -2.31. The Bertz CT molecular complexity index is 307. The van der Waals surface area contributed by atoms with Gasteiger partial charge in [0.05, 0.1) is 0 Å². The number of nitrogens with one attached hydrogen (secondary N) is 1. The summed E-state index contributed by atoms with van der Waals surface area (Å²) in [6.07, 6.45) is 0. The topological polar surface area (TPSA) is 12.0 Å². The van der Waals surface area contributed by atoms with Crippen LogP contribution < -0.4 is 5.32 Å². The molecule has 0 bridgehead atoms. The molecule has 0 amide bonds. The Morgan fingerprint density at radius 3 is 2.50 bits per heavy atom. The Balaban J connectivity index is 2.94. The van der Waals surface area contributed by atoms with Gasteiger partial charge < -0.3 is 5.32 Å². The average molecular weight is 195 g/mol. The van der Waals surface area contributed by atoms with Crippen molar-refractivity contribution >= 4 is 0 Å². The lowest BCUT2D eigenvalue weighted by Crippen LogP contribution is -2.41. The van der Waals surface area contributed by atoms with Gasteiger partial charge in [0.2, 0.25) is 0 Å². The van der Waals surface area contributed by atoms with E-state index >= 15 is 0 Å². The molecule has 0 saturated heterocycles. The van der Waals surface area contributed by atoms with Crippen LogP contribution in [-0.2, 0) is 0 Å². The molecule has 14 heavy (non-hydrogen) atoms. The molecule has 1 aromatic carbocycles. The second kappa shape index (κ2) is 4.09. The first-order chi connectivity index (χ1) is 6.47. The molecule has 0 fully saturated rings. The second-order valence-electron chi connectivity index (χ2n) is 4.25. The van der Waals surface area contributed by atoms with E-state index in [4.69, 9.17) is 0 Å². The summed E-state index contributed by atoms with van der Waals surface area (Å²) < 4.78 is 13.0. The molecule has 1 aromatic rings. The van der Waals surface area contributed by atoms with Crippen LogP contribution in [0.4, 0.5) is 4.39 Å². The molecule has 0 saturated carbocycles. The van der Waals surface area contributed by atoms with E-state index in [1.165, 1.54) is 6.07 Å². The van der Waals surface area contributed by atoms with Crippen LogP contribution in [-0.4, -0.2) is 12.6 Å². The van der Waals surface area contributed by atoms with Crippen LogP contribution in [0.2, 0.25) is 0 Å². The molecule has 0 aliphatic rings. The van der Waals surface area contributed by atoms with E-state index in [-0.39, 0.29) is 17.3 Å². The molecular weight excluding hydrogens is 177 g/mol. The van der Waals surface area contributed by atoms with Gasteiger partial charge in [-0.1, -0.05) is 19.1 Å². The molecule has 1 nitrogen and oxygen atoms in total. The zero-order valence-corrected chi connectivity index (χ0v) is 9.26. The number of benzene rings is 1. The highest BCUT2D eigenvalue weighted by Crippen LogP contribution is 2.27. The molecule has 0 radical (unpaired) electrons. The van der Waals surface area contributed by atoms with Gasteiger partial charge in [0.15, 0.2) is 0 Å². The maximum Gasteiger partial charge on any atom is 0.123 e. The van der Waals surface area contributed by atoms with Crippen LogP contribution in [0.3, 0.4) is 0 Å². The maximum absolute atomic E-state index is 13.0. The van der Waals surface area contributed by atoms with Crippen molar-refractivity contribution in [2.45, 2.75) is 32.2 Å². The van der Waals surface area contributed by atoms with E-state index in [1.807, 2.05) is 13.1 Å². The predicted molar refractivity (Wildman–Crippen MR) is 58.0 cm³/mol. The summed E-state index contributed by atoms with van der Waals surface area (Å²) in [4.78, 5) is 0. The molecule has 2 heteroatoms. The van der Waals surface area contributed by atoms with Crippen molar-refractivity contribution in [2.75, 3.05) is 7.05 Å². The lowest BCUT2D eigenvalue weighted by molar-refractivity contribution is 0.359. The fraction of sp³-hybridized carbons (Fsp3) is 0.500. The van der Waals surface area contributed by atoms with E-state index in [0.717, 1.165) is 5.56 Å². The molecule has 0 aromatic heterocycles. The monoisotopic (exact) mass is 195 g/mol. The third-order valence-electron chi connectivity index (χ3n) is 3.08. The van der Waals surface area contributed by atoms with Crippen LogP contribution in [0.15, 0.2) is 24.3 Å². The smallest absolute Gasteiger partial charge is 0.123 e. The Morgan fingerprint density at radius 1 is 1.36 bits per heavy atom. The van der Waals surface area contributed by atoms with Gasteiger partial charge in [0.1, 0.15) is 5.82 Å². The Labute approximate surface area is 85.3 Å². The van der Waals surface area contributed by atoms with E-state index in [2.05, 4.69) is 26.1 Å². The summed E-state index contributed by atoms with van der Waals surface area (Å²) in [7, 11) is 1.93. The summed E-state index contributed by atoms with van der Waals surface area (Å²) in [5, 5.41) is 3.24. The summed E-state index contributed by atoms with van der Waals surface area (Å²) in [6.45, 7) is 6.33. The van der Waals surface area contributed by atoms with Gasteiger partial charge in [0, 0.05) is 5.54 Å². The average Bonchev–Trinajstić information content (AvgIpc) is 2.16. The van der Waals surface area contributed by atoms with Crippen molar-refractivity contribution < 1.29 is 4.39 Å². The number of halogens is 1. The summed E-state index contributed by atoms with van der Waals surface area (Å²) in [5.41, 5.74) is 1.01. The first-order valence-electron chi connectivity index (χ1n) is 4.92. The van der Waals surface area contributed by atoms with Gasteiger partial charge >= 0.3 is 0 Å². The maximum atomic E-state index is 13.0. The lowest BCUT2D eigenvalue weighted by atomic mass is 9.83. The summed E-state index contributed by atoms with van der Waals surface area (Å²) in [5.74, 6) is 0.115. The summed E-state index contributed by atoms with van der Waals surface area (Å²) >= 11 is 0. The molecule has 1 unspecified atom stereocenters. The third-order valence-corrected chi connectivity index (χ3v) is 3.08. The first kappa shape index (κ1) is 11.2. The molecule has 1 N–H and O–H groups in total. The van der Waals surface area contributed by atoms with E-state index < -0.39 is 0 Å². The van der Waals surface area contributed by atoms with Crippen molar-refractivity contribution in [2.24, 2.45) is 0 Å². The number of rotatable bonds is 3. The van der Waals surface area contributed by atoms with Gasteiger partial charge in [-0.3, -0.25) is 0 Å². The van der Waals surface area contributed by atoms with Crippen molar-refractivity contribution in [3.05, 3.63) is 35.6 Å². The zero-order valence-electron chi connectivity index (χ0n) is 9.26. The van der Waals surface area contributed by atoms with Crippen LogP contribution in [0.25, 0.3) is 0 Å². The SMILES string of the molecule is CNC(C)(C)C(C)c1cccc(F)c1. The fourth-order valence-corrected chi connectivity index (χ4v) is 1.41. The molecule has 1 rings (SSSR count). The van der Waals surface area contributed by atoms with Gasteiger partial charge in [-0.05, 0) is 44.5 Å². The fourth-order valence-electron chi connectivity index (χ4n) is 1.41. The first-order valence-corrected chi connectivity index (χ1v) is 4.92. The van der Waals surface area contributed by atoms with Crippen molar-refractivity contribution in [1.82, 2.24) is 5.32 Å². The second-order valence-corrected chi connectivity index (χ2v) is 4.25. The van der Waals surface area contributed by atoms with Gasteiger partial charge in [-0.15, -0.1) is 0 Å². The van der Waals surface area contributed by atoms with E-state index in [9.17, 15) is 4.39 Å². The van der Waals surface area contributed by atoms with Crippen LogP contribution >= 0.6 is 0 Å². The van der Waals surface area contributed by atoms with Gasteiger partial charge in [-0.2, -0.15) is 0 Å². The van der Waals surface area contributed by atoms with Crippen LogP contribution in [0, 0.1) is 5.82 Å². The molecule has 0 aliphatic heterocycles. The van der Waals surface area contributed by atoms with Gasteiger partial charge in [-0.25, -0.2) is 4.39 Å². The molecule has 1 atom stereocenters. The number of hydrogen-bond acceptors (Lipinski definition) is 1. The van der Waals surface area contributed by atoms with Crippen molar-refractivity contribution in [3.63, 3.8) is 0 Å². The van der Waals surface area contributed by atoms with Gasteiger partial charge in [0.25, 0.3) is 0 Å². The Morgan fingerprint density at radius 2 is 2.00 bits per heavy atom. The molecular formula is C12H18FN. The molecule has 78 valence electrons. The highest BCUT2D eigenvalue weighted by Gasteiger charge is 2.24. The number of likely N-dealkylation sites (N-methyl/N-ethyl adjacent to an activating group) is 1. The van der Waals surface area contributed by atoms with E-state index in [0.29, 0.717) is 0 Å².